The molecule has 6 atom stereocenters. The molecule has 0 fully saturated rings. The number of aromatic hydroxyl groups is 1. The maximum absolute atomic E-state index is 13.9. The summed E-state index contributed by atoms with van der Waals surface area (Å²) in [5, 5.41) is 82.5. The first-order chi connectivity index (χ1) is 34.2. The Hall–Kier alpha value is -7.49. The number of aromatic nitrogens is 6. The Balaban J connectivity index is 1.34. The molecule has 6 amide bonds. The third-order valence-electron chi connectivity index (χ3n) is 10.2. The van der Waals surface area contributed by atoms with E-state index in [0.29, 0.717) is 11.3 Å². The average molecular weight is 1080 g/mol. The van der Waals surface area contributed by atoms with E-state index in [2.05, 4.69) is 63.1 Å². The number of aliphatic hydroxyl groups is 4. The van der Waals surface area contributed by atoms with Crippen molar-refractivity contribution in [3.05, 3.63) is 88.8 Å². The Labute approximate surface area is 424 Å². The van der Waals surface area contributed by atoms with Crippen LogP contribution in [0.3, 0.4) is 0 Å². The minimum absolute atomic E-state index is 0.0121. The van der Waals surface area contributed by atoms with Crippen molar-refractivity contribution in [2.24, 2.45) is 5.73 Å². The number of carbonyl (C=O) groups is 7. The summed E-state index contributed by atoms with van der Waals surface area (Å²) in [5.41, 5.74) is 3.64. The number of hydrogen-bond acceptors (Lipinski definition) is 24. The van der Waals surface area contributed by atoms with Crippen LogP contribution >= 0.6 is 56.7 Å². The van der Waals surface area contributed by atoms with E-state index in [-0.39, 0.29) is 81.9 Å². The summed E-state index contributed by atoms with van der Waals surface area (Å²) in [4.78, 5) is 118. The van der Waals surface area contributed by atoms with Crippen molar-refractivity contribution in [1.29, 1.82) is 0 Å². The molecule has 1 aliphatic heterocycles. The highest BCUT2D eigenvalue weighted by Crippen LogP contribution is 2.41. The summed E-state index contributed by atoms with van der Waals surface area (Å²) in [6, 6.07) is -3.39. The molecule has 13 N–H and O–H groups in total. The number of thiazole rings is 5. The van der Waals surface area contributed by atoms with Crippen molar-refractivity contribution >= 4 is 104 Å². The predicted octanol–water partition coefficient (Wildman–Crippen LogP) is 0.484. The van der Waals surface area contributed by atoms with Gasteiger partial charge in [0.1, 0.15) is 106 Å². The lowest BCUT2D eigenvalue weighted by molar-refractivity contribution is -0.154. The Morgan fingerprint density at radius 2 is 1.35 bits per heavy atom. The number of allylic oxidation sites excluding steroid dienone is 1. The predicted molar refractivity (Wildman–Crippen MR) is 257 cm³/mol. The van der Waals surface area contributed by atoms with Crippen molar-refractivity contribution in [3.63, 3.8) is 0 Å². The van der Waals surface area contributed by atoms with Gasteiger partial charge >= 0.3 is 5.97 Å². The number of nitrogens with zero attached hydrogens (tertiary/aromatic N) is 6. The van der Waals surface area contributed by atoms with Gasteiger partial charge in [-0.2, -0.15) is 0 Å². The SMILES string of the molecule is C=C(NC(=O)c1csc(-c2nc3c(cc2O)-c2nc(cs2)C(=O)N[C@@H]([C@H](C)O)C(=O)N/C(=C(\C)OC)c2nc(cs2)C(=O)N[C@H]([C@H](O)[C@@H](O)C(=O)O)c2nc(cs2)C(=O)N[C@H](CO)c2nc-3cs2)n1)C(N)=O. The molecular weight excluding hydrogens is 1040 g/mol. The minimum atomic E-state index is -2.46. The van der Waals surface area contributed by atoms with Gasteiger partial charge in [-0.05, 0) is 19.9 Å². The lowest BCUT2D eigenvalue weighted by Crippen LogP contribution is -2.52. The van der Waals surface area contributed by atoms with Crippen molar-refractivity contribution < 1.29 is 68.9 Å². The first-order valence-corrected chi connectivity index (χ1v) is 24.8. The third kappa shape index (κ3) is 11.2. The Morgan fingerprint density at radius 3 is 1.99 bits per heavy atom. The normalized spacial score (nSPS) is 18.5. The molecule has 0 radical (unpaired) electrons. The Bertz CT molecular complexity index is 3180. The molecule has 8 bridgehead atoms. The summed E-state index contributed by atoms with van der Waals surface area (Å²) in [6.07, 6.45) is -6.23. The average Bonchev–Trinajstić information content (AvgIpc) is 4.22. The summed E-state index contributed by atoms with van der Waals surface area (Å²) in [7, 11) is 1.27. The zero-order valence-electron chi connectivity index (χ0n) is 37.1. The van der Waals surface area contributed by atoms with E-state index in [1.165, 1.54) is 53.9 Å². The molecule has 6 aromatic rings. The molecule has 26 nitrogen and oxygen atoms in total. The molecule has 0 saturated heterocycles. The monoisotopic (exact) mass is 1080 g/mol. The summed E-state index contributed by atoms with van der Waals surface area (Å²) >= 11 is 4.30. The molecule has 0 spiro atoms. The van der Waals surface area contributed by atoms with Crippen LogP contribution in [-0.4, -0.2) is 140 Å². The highest BCUT2D eigenvalue weighted by Gasteiger charge is 2.37. The number of methoxy groups -OCH3 is 1. The van der Waals surface area contributed by atoms with Crippen LogP contribution in [0.4, 0.5) is 0 Å². The molecule has 0 saturated carbocycles. The van der Waals surface area contributed by atoms with Gasteiger partial charge in [-0.15, -0.1) is 56.7 Å². The highest BCUT2D eigenvalue weighted by atomic mass is 32.1. The molecule has 31 heteroatoms. The number of ether oxygens (including phenoxy) is 1. The Kier molecular flexibility index (Phi) is 15.9. The van der Waals surface area contributed by atoms with Gasteiger partial charge < -0.3 is 67.7 Å². The van der Waals surface area contributed by atoms with Crippen LogP contribution in [0.1, 0.15) is 82.9 Å². The fraction of sp³-hybridized carbons (Fsp3) is 0.244. The van der Waals surface area contributed by atoms with Crippen molar-refractivity contribution in [2.45, 2.75) is 50.3 Å². The van der Waals surface area contributed by atoms with Gasteiger partial charge in [0.2, 0.25) is 5.91 Å². The Morgan fingerprint density at radius 1 is 0.778 bits per heavy atom. The maximum atomic E-state index is 13.9. The van der Waals surface area contributed by atoms with Crippen LogP contribution in [0.15, 0.2) is 51.0 Å². The number of amides is 6. The molecule has 0 unspecified atom stereocenters. The smallest absolute Gasteiger partial charge is 0.335 e. The molecule has 0 aliphatic carbocycles. The summed E-state index contributed by atoms with van der Waals surface area (Å²) in [6.45, 7) is 5.35. The zero-order chi connectivity index (χ0) is 52.3. The van der Waals surface area contributed by atoms with Crippen LogP contribution in [0.25, 0.3) is 38.4 Å². The third-order valence-corrected chi connectivity index (χ3v) is 14.6. The maximum Gasteiger partial charge on any atom is 0.335 e. The van der Waals surface area contributed by atoms with E-state index in [1.807, 2.05) is 0 Å². The van der Waals surface area contributed by atoms with E-state index in [0.717, 1.165) is 45.3 Å². The van der Waals surface area contributed by atoms with Crippen molar-refractivity contribution in [2.75, 3.05) is 13.7 Å². The van der Waals surface area contributed by atoms with E-state index in [4.69, 9.17) is 10.5 Å². The second kappa shape index (κ2) is 21.9. The van der Waals surface area contributed by atoms with Gasteiger partial charge in [-0.25, -0.2) is 34.7 Å². The first kappa shape index (κ1) is 52.3. The fourth-order valence-corrected chi connectivity index (χ4v) is 10.5. The number of nitrogens with two attached hydrogens (primary N) is 1. The number of aliphatic carboxylic acids is 1. The van der Waals surface area contributed by atoms with Crippen LogP contribution in [-0.2, 0) is 19.1 Å². The van der Waals surface area contributed by atoms with Crippen molar-refractivity contribution in [1.82, 2.24) is 56.5 Å². The lowest BCUT2D eigenvalue weighted by Gasteiger charge is -2.24. The van der Waals surface area contributed by atoms with Gasteiger partial charge in [0.15, 0.2) is 6.10 Å². The van der Waals surface area contributed by atoms with Crippen LogP contribution < -0.4 is 32.3 Å². The van der Waals surface area contributed by atoms with Crippen LogP contribution in [0.5, 0.6) is 5.75 Å². The number of fused-ring (bicyclic) bond motifs is 11. The number of rotatable bonds is 10. The molecule has 0 aromatic carbocycles. The zero-order valence-corrected chi connectivity index (χ0v) is 41.2. The summed E-state index contributed by atoms with van der Waals surface area (Å²) < 4.78 is 5.37. The van der Waals surface area contributed by atoms with Crippen LogP contribution in [0.2, 0.25) is 0 Å². The highest BCUT2D eigenvalue weighted by molar-refractivity contribution is 7.14. The van der Waals surface area contributed by atoms with E-state index >= 15 is 0 Å². The second-order valence-corrected chi connectivity index (χ2v) is 19.4. The molecule has 7 heterocycles. The quantitative estimate of drug-likeness (QED) is 0.0656. The topological polar surface area (TPSA) is 414 Å². The number of carboxylic acids is 1. The summed E-state index contributed by atoms with van der Waals surface area (Å²) in [5.74, 6) is -7.91. The number of carbonyl (C=O) groups excluding carboxylic acids is 6. The largest absolute Gasteiger partial charge is 0.506 e. The van der Waals surface area contributed by atoms with Gasteiger partial charge in [-0.3, -0.25) is 28.8 Å². The van der Waals surface area contributed by atoms with Crippen molar-refractivity contribution in [3.8, 4) is 38.4 Å². The van der Waals surface area contributed by atoms with Gasteiger partial charge in [-0.1, -0.05) is 6.58 Å². The van der Waals surface area contributed by atoms with Gasteiger partial charge in [0.05, 0.1) is 25.5 Å². The number of carboxylic acid groups (broad SMARTS) is 1. The number of hydrogen-bond donors (Lipinski definition) is 12. The molecule has 376 valence electrons. The first-order valence-electron chi connectivity index (χ1n) is 20.4. The second-order valence-electron chi connectivity index (χ2n) is 15.1. The minimum Gasteiger partial charge on any atom is -0.506 e. The number of primary amides is 1. The van der Waals surface area contributed by atoms with E-state index in [1.54, 1.807) is 0 Å². The molecular formula is C41H38N12O14S5. The molecule has 1 aliphatic rings. The lowest BCUT2D eigenvalue weighted by atomic mass is 10.1. The standard InChI is InChI=1S/C41H38N12O14S5/c1-12(30(42)59)43-31(60)18-9-71-39(48-18)26-22(56)5-15-25(50-26)17-7-69-37(45-17)16(6-54)44-32(61)19-10-72-40(49-19)27(28(57)29(58)41(65)66)53-34(63)21-11-70-38(47-21)24(14(3)67-4)52-35(64)23(13(2)55)51-33(62)20-8-68-36(15)46-20/h5,7-11,13,16,23,27-29,54-58H,1,6H2,2-4H3,(H2,42,59)(H,43,60)(H,44,61)(H,51,62)(H,52,64)(H,53,63)(H,65,66)/b24-14+/t13-,16+,23-,27+,28-,29+/m0/s1. The van der Waals surface area contributed by atoms with Gasteiger partial charge in [0.25, 0.3) is 29.5 Å². The molecule has 7 rings (SSSR count). The van der Waals surface area contributed by atoms with Gasteiger partial charge in [0, 0.05) is 32.5 Å². The number of pyridine rings is 1. The molecule has 72 heavy (non-hydrogen) atoms. The fourth-order valence-electron chi connectivity index (χ4n) is 6.32. The van der Waals surface area contributed by atoms with E-state index < -0.39 is 95.9 Å². The number of nitrogens with one attached hydrogen (secondary N) is 5. The van der Waals surface area contributed by atoms with E-state index in [9.17, 15) is 64.2 Å². The van der Waals surface area contributed by atoms with Crippen LogP contribution in [0, 0.1) is 0 Å². The molecule has 6 aromatic heterocycles. The number of aliphatic hydroxyl groups excluding tert-OH is 4.